The van der Waals surface area contributed by atoms with Crippen molar-refractivity contribution >= 4 is 0 Å². The van der Waals surface area contributed by atoms with Crippen molar-refractivity contribution in [2.75, 3.05) is 46.8 Å². The first-order valence-electron chi connectivity index (χ1n) is 6.10. The number of likely N-dealkylation sites (N-methyl/N-ethyl adjacent to an activating group) is 1. The second-order valence-electron chi connectivity index (χ2n) is 5.52. The van der Waals surface area contributed by atoms with Gasteiger partial charge >= 0.3 is 0 Å². The van der Waals surface area contributed by atoms with Crippen molar-refractivity contribution in [2.45, 2.75) is 20.3 Å². The van der Waals surface area contributed by atoms with E-state index in [2.05, 4.69) is 36.4 Å². The molecule has 0 saturated carbocycles. The summed E-state index contributed by atoms with van der Waals surface area (Å²) in [5.74, 6) is 0.851. The van der Waals surface area contributed by atoms with Crippen LogP contribution in [0.4, 0.5) is 0 Å². The van der Waals surface area contributed by atoms with Gasteiger partial charge in [0.05, 0.1) is 0 Å². The third-order valence-electron chi connectivity index (χ3n) is 3.63. The summed E-state index contributed by atoms with van der Waals surface area (Å²) in [5, 5.41) is 6.70. The summed E-state index contributed by atoms with van der Waals surface area (Å²) >= 11 is 0. The summed E-state index contributed by atoms with van der Waals surface area (Å²) in [6.45, 7) is 10.6. The van der Waals surface area contributed by atoms with E-state index in [0.29, 0.717) is 5.41 Å². The number of nitrogens with zero attached hydrogens (tertiary/aromatic N) is 1. The molecule has 0 aliphatic carbocycles. The fourth-order valence-corrected chi connectivity index (χ4v) is 2.34. The van der Waals surface area contributed by atoms with Crippen LogP contribution in [0.25, 0.3) is 0 Å². The second kappa shape index (κ2) is 5.83. The molecule has 1 fully saturated rings. The highest BCUT2D eigenvalue weighted by molar-refractivity contribution is 4.86. The van der Waals surface area contributed by atoms with Crippen molar-refractivity contribution in [3.05, 3.63) is 0 Å². The molecule has 0 aromatic rings. The Hall–Kier alpha value is -0.120. The molecule has 2 N–H and O–H groups in total. The minimum atomic E-state index is 0.429. The monoisotopic (exact) mass is 213 g/mol. The molecular weight excluding hydrogens is 186 g/mol. The molecule has 90 valence electrons. The van der Waals surface area contributed by atoms with Crippen molar-refractivity contribution in [3.8, 4) is 0 Å². The molecule has 1 unspecified atom stereocenters. The van der Waals surface area contributed by atoms with Gasteiger partial charge in [0, 0.05) is 26.2 Å². The zero-order valence-electron chi connectivity index (χ0n) is 10.8. The Labute approximate surface area is 94.6 Å². The molecule has 1 heterocycles. The van der Waals surface area contributed by atoms with Crippen molar-refractivity contribution in [3.63, 3.8) is 0 Å². The molecule has 1 rings (SSSR count). The maximum atomic E-state index is 3.54. The minimum absolute atomic E-state index is 0.429. The third-order valence-corrected chi connectivity index (χ3v) is 3.63. The predicted octanol–water partition coefficient (Wildman–Crippen LogP) is 0.773. The Morgan fingerprint density at radius 1 is 1.33 bits per heavy atom. The van der Waals surface area contributed by atoms with E-state index < -0.39 is 0 Å². The smallest absolute Gasteiger partial charge is 0.00768 e. The van der Waals surface area contributed by atoms with Crippen LogP contribution >= 0.6 is 0 Å². The summed E-state index contributed by atoms with van der Waals surface area (Å²) in [6.07, 6.45) is 1.36. The van der Waals surface area contributed by atoms with Crippen LogP contribution in [-0.2, 0) is 0 Å². The number of hydrogen-bond donors (Lipinski definition) is 2. The molecule has 3 heteroatoms. The van der Waals surface area contributed by atoms with Crippen molar-refractivity contribution in [1.29, 1.82) is 0 Å². The van der Waals surface area contributed by atoms with E-state index in [0.717, 1.165) is 25.6 Å². The maximum absolute atomic E-state index is 3.54. The molecule has 0 spiro atoms. The van der Waals surface area contributed by atoms with Gasteiger partial charge in [-0.2, -0.15) is 0 Å². The van der Waals surface area contributed by atoms with E-state index >= 15 is 0 Å². The Balaban J connectivity index is 2.25. The zero-order valence-corrected chi connectivity index (χ0v) is 10.8. The van der Waals surface area contributed by atoms with Crippen LogP contribution in [0.1, 0.15) is 20.3 Å². The van der Waals surface area contributed by atoms with Gasteiger partial charge in [-0.25, -0.2) is 0 Å². The zero-order chi connectivity index (χ0) is 11.3. The normalized spacial score (nSPS) is 23.6. The Kier molecular flexibility index (Phi) is 5.03. The molecule has 3 nitrogen and oxygen atoms in total. The second-order valence-corrected chi connectivity index (χ2v) is 5.52. The standard InChI is InChI=1S/C12H27N3/c1-12(2,10-14-7-6-13-3)11-5-8-15(4)9-11/h11,13-14H,5-10H2,1-4H3. The molecule has 1 aliphatic heterocycles. The first-order valence-corrected chi connectivity index (χ1v) is 6.10. The average Bonchev–Trinajstić information content (AvgIpc) is 2.60. The topological polar surface area (TPSA) is 27.3 Å². The average molecular weight is 213 g/mol. The largest absolute Gasteiger partial charge is 0.318 e. The molecule has 0 amide bonds. The Morgan fingerprint density at radius 3 is 2.60 bits per heavy atom. The third kappa shape index (κ3) is 4.09. The van der Waals surface area contributed by atoms with Gasteiger partial charge in [0.25, 0.3) is 0 Å². The molecule has 1 aliphatic rings. The minimum Gasteiger partial charge on any atom is -0.318 e. The van der Waals surface area contributed by atoms with E-state index in [1.54, 1.807) is 0 Å². The first-order chi connectivity index (χ1) is 7.06. The van der Waals surface area contributed by atoms with Gasteiger partial charge in [0.1, 0.15) is 0 Å². The highest BCUT2D eigenvalue weighted by Gasteiger charge is 2.33. The lowest BCUT2D eigenvalue weighted by Gasteiger charge is -2.32. The quantitative estimate of drug-likeness (QED) is 0.638. The van der Waals surface area contributed by atoms with Gasteiger partial charge in [0.2, 0.25) is 0 Å². The molecule has 0 radical (unpaired) electrons. The van der Waals surface area contributed by atoms with Crippen molar-refractivity contribution in [1.82, 2.24) is 15.5 Å². The molecular formula is C12H27N3. The van der Waals surface area contributed by atoms with Crippen LogP contribution in [0.15, 0.2) is 0 Å². The van der Waals surface area contributed by atoms with E-state index in [9.17, 15) is 0 Å². The van der Waals surface area contributed by atoms with Crippen LogP contribution in [0, 0.1) is 11.3 Å². The molecule has 15 heavy (non-hydrogen) atoms. The van der Waals surface area contributed by atoms with E-state index in [1.165, 1.54) is 19.5 Å². The Morgan fingerprint density at radius 2 is 2.07 bits per heavy atom. The lowest BCUT2D eigenvalue weighted by molar-refractivity contribution is 0.207. The number of likely N-dealkylation sites (tertiary alicyclic amines) is 1. The molecule has 1 atom stereocenters. The molecule has 0 aromatic heterocycles. The van der Waals surface area contributed by atoms with Crippen LogP contribution in [-0.4, -0.2) is 51.7 Å². The highest BCUT2D eigenvalue weighted by atomic mass is 15.1. The van der Waals surface area contributed by atoms with E-state index in [4.69, 9.17) is 0 Å². The summed E-state index contributed by atoms with van der Waals surface area (Å²) in [6, 6.07) is 0. The van der Waals surface area contributed by atoms with E-state index in [1.807, 2.05) is 7.05 Å². The fourth-order valence-electron chi connectivity index (χ4n) is 2.34. The van der Waals surface area contributed by atoms with Crippen molar-refractivity contribution in [2.24, 2.45) is 11.3 Å². The van der Waals surface area contributed by atoms with Crippen molar-refractivity contribution < 1.29 is 0 Å². The lowest BCUT2D eigenvalue weighted by Crippen LogP contribution is -2.39. The van der Waals surface area contributed by atoms with Gasteiger partial charge in [-0.3, -0.25) is 0 Å². The number of hydrogen-bond acceptors (Lipinski definition) is 3. The maximum Gasteiger partial charge on any atom is 0.00768 e. The van der Waals surface area contributed by atoms with Crippen LogP contribution in [0.2, 0.25) is 0 Å². The molecule has 0 aromatic carbocycles. The SMILES string of the molecule is CNCCNCC(C)(C)C1CCN(C)C1. The van der Waals surface area contributed by atoms with Crippen LogP contribution in [0.5, 0.6) is 0 Å². The van der Waals surface area contributed by atoms with Gasteiger partial charge in [-0.15, -0.1) is 0 Å². The number of rotatable bonds is 6. The summed E-state index contributed by atoms with van der Waals surface area (Å²) in [7, 11) is 4.23. The van der Waals surface area contributed by atoms with E-state index in [-0.39, 0.29) is 0 Å². The van der Waals surface area contributed by atoms with Gasteiger partial charge in [-0.05, 0) is 38.4 Å². The van der Waals surface area contributed by atoms with Crippen LogP contribution < -0.4 is 10.6 Å². The summed E-state index contributed by atoms with van der Waals surface area (Å²) in [4.78, 5) is 2.44. The number of nitrogens with one attached hydrogen (secondary N) is 2. The van der Waals surface area contributed by atoms with Gasteiger partial charge < -0.3 is 15.5 Å². The summed E-state index contributed by atoms with van der Waals surface area (Å²) < 4.78 is 0. The summed E-state index contributed by atoms with van der Waals surface area (Å²) in [5.41, 5.74) is 0.429. The van der Waals surface area contributed by atoms with Gasteiger partial charge in [-0.1, -0.05) is 13.8 Å². The fraction of sp³-hybridized carbons (Fsp3) is 1.00. The highest BCUT2D eigenvalue weighted by Crippen LogP contribution is 2.32. The lowest BCUT2D eigenvalue weighted by atomic mass is 9.78. The molecule has 1 saturated heterocycles. The predicted molar refractivity (Wildman–Crippen MR) is 66.2 cm³/mol. The first kappa shape index (κ1) is 12.9. The Bertz CT molecular complexity index is 180. The molecule has 0 bridgehead atoms. The van der Waals surface area contributed by atoms with Crippen LogP contribution in [0.3, 0.4) is 0 Å². The van der Waals surface area contributed by atoms with Gasteiger partial charge in [0.15, 0.2) is 0 Å².